The maximum Gasteiger partial charge on any atom is 0.130 e. The van der Waals surface area contributed by atoms with Crippen molar-refractivity contribution in [2.75, 3.05) is 0 Å². The van der Waals surface area contributed by atoms with Crippen LogP contribution in [-0.4, -0.2) is 11.1 Å². The molecule has 2 heteroatoms. The molecule has 0 amide bonds. The van der Waals surface area contributed by atoms with Gasteiger partial charge in [-0.25, -0.2) is 0 Å². The number of benzene rings is 2. The molecule has 2 aromatic carbocycles. The van der Waals surface area contributed by atoms with Crippen molar-refractivity contribution in [1.29, 1.82) is 0 Å². The molecular weight excluding hydrogens is 222 g/mol. The first kappa shape index (κ1) is 12.8. The molecule has 1 unspecified atom stereocenters. The second kappa shape index (κ2) is 5.34. The van der Waals surface area contributed by atoms with Gasteiger partial charge in [-0.1, -0.05) is 67.6 Å². The van der Waals surface area contributed by atoms with Gasteiger partial charge in [-0.15, -0.1) is 0 Å². The first-order chi connectivity index (χ1) is 8.69. The Hall–Kier alpha value is -1.64. The van der Waals surface area contributed by atoms with E-state index in [0.29, 0.717) is 6.42 Å². The molecule has 0 radical (unpaired) electrons. The van der Waals surface area contributed by atoms with Crippen LogP contribution >= 0.6 is 0 Å². The first-order valence-corrected chi connectivity index (χ1v) is 6.28. The zero-order chi connectivity index (χ0) is 13.0. The van der Waals surface area contributed by atoms with Gasteiger partial charge in [-0.05, 0) is 17.5 Å². The van der Waals surface area contributed by atoms with E-state index in [4.69, 9.17) is 5.73 Å². The molecule has 0 saturated heterocycles. The summed E-state index contributed by atoms with van der Waals surface area (Å²) < 4.78 is 0. The minimum atomic E-state index is -1.13. The van der Waals surface area contributed by atoms with E-state index in [0.717, 1.165) is 11.1 Å². The molecular formula is C16H19NO. The Balaban J connectivity index is 2.55. The molecule has 3 N–H and O–H groups in total. The van der Waals surface area contributed by atoms with Crippen molar-refractivity contribution in [1.82, 2.24) is 0 Å². The van der Waals surface area contributed by atoms with E-state index in [2.05, 4.69) is 0 Å². The number of aliphatic hydroxyl groups is 1. The monoisotopic (exact) mass is 241 g/mol. The van der Waals surface area contributed by atoms with Crippen molar-refractivity contribution in [2.45, 2.75) is 25.0 Å². The second-order valence-electron chi connectivity index (χ2n) is 4.51. The zero-order valence-corrected chi connectivity index (χ0v) is 10.6. The molecule has 2 nitrogen and oxygen atoms in total. The van der Waals surface area contributed by atoms with Crippen LogP contribution in [0.4, 0.5) is 0 Å². The van der Waals surface area contributed by atoms with Gasteiger partial charge < -0.3 is 10.8 Å². The molecule has 0 saturated carbocycles. The minimum absolute atomic E-state index is 0.331. The zero-order valence-electron chi connectivity index (χ0n) is 10.6. The lowest BCUT2D eigenvalue weighted by Gasteiger charge is -2.34. The SMILES string of the molecule is CCC(N)C(O)(c1ccccc1)c1ccccc1. The van der Waals surface area contributed by atoms with Crippen LogP contribution in [0, 0.1) is 0 Å². The molecule has 0 aliphatic rings. The van der Waals surface area contributed by atoms with Crippen molar-refractivity contribution >= 4 is 0 Å². The van der Waals surface area contributed by atoms with Gasteiger partial charge in [-0.3, -0.25) is 0 Å². The van der Waals surface area contributed by atoms with Gasteiger partial charge in [0.1, 0.15) is 5.60 Å². The lowest BCUT2D eigenvalue weighted by Crippen LogP contribution is -2.46. The minimum Gasteiger partial charge on any atom is -0.379 e. The van der Waals surface area contributed by atoms with Crippen molar-refractivity contribution in [3.8, 4) is 0 Å². The van der Waals surface area contributed by atoms with E-state index in [1.54, 1.807) is 0 Å². The molecule has 1 atom stereocenters. The van der Waals surface area contributed by atoms with Gasteiger partial charge in [0.2, 0.25) is 0 Å². The van der Waals surface area contributed by atoms with E-state index in [-0.39, 0.29) is 6.04 Å². The molecule has 0 spiro atoms. The highest BCUT2D eigenvalue weighted by Crippen LogP contribution is 2.33. The third kappa shape index (κ3) is 2.17. The molecule has 0 fully saturated rings. The van der Waals surface area contributed by atoms with Crippen LogP contribution in [0.5, 0.6) is 0 Å². The summed E-state index contributed by atoms with van der Waals surface area (Å²) in [5, 5.41) is 11.1. The van der Waals surface area contributed by atoms with Crippen LogP contribution in [0.1, 0.15) is 24.5 Å². The van der Waals surface area contributed by atoms with Gasteiger partial charge in [0.15, 0.2) is 0 Å². The molecule has 0 bridgehead atoms. The van der Waals surface area contributed by atoms with Gasteiger partial charge >= 0.3 is 0 Å². The molecule has 94 valence electrons. The number of hydrogen-bond donors (Lipinski definition) is 2. The highest BCUT2D eigenvalue weighted by molar-refractivity contribution is 5.37. The van der Waals surface area contributed by atoms with Crippen LogP contribution in [0.3, 0.4) is 0 Å². The summed E-state index contributed by atoms with van der Waals surface area (Å²) in [6.45, 7) is 1.99. The topological polar surface area (TPSA) is 46.2 Å². The summed E-state index contributed by atoms with van der Waals surface area (Å²) in [7, 11) is 0. The Morgan fingerprint density at radius 3 is 1.67 bits per heavy atom. The van der Waals surface area contributed by atoms with Gasteiger partial charge in [0.05, 0.1) is 0 Å². The summed E-state index contributed by atoms with van der Waals surface area (Å²) in [6, 6.07) is 18.9. The van der Waals surface area contributed by atoms with Crippen LogP contribution in [0.15, 0.2) is 60.7 Å². The van der Waals surface area contributed by atoms with Crippen LogP contribution in [0.25, 0.3) is 0 Å². The molecule has 2 rings (SSSR count). The Bertz CT molecular complexity index is 441. The van der Waals surface area contributed by atoms with Gasteiger partial charge in [0, 0.05) is 6.04 Å². The molecule has 0 heterocycles. The third-order valence-corrected chi connectivity index (χ3v) is 3.40. The van der Waals surface area contributed by atoms with E-state index in [1.807, 2.05) is 67.6 Å². The number of hydrogen-bond acceptors (Lipinski definition) is 2. The van der Waals surface area contributed by atoms with E-state index in [9.17, 15) is 5.11 Å². The molecule has 0 aliphatic carbocycles. The normalized spacial score (nSPS) is 13.3. The van der Waals surface area contributed by atoms with E-state index >= 15 is 0 Å². The molecule has 0 aliphatic heterocycles. The van der Waals surface area contributed by atoms with Gasteiger partial charge in [-0.2, -0.15) is 0 Å². The highest BCUT2D eigenvalue weighted by atomic mass is 16.3. The standard InChI is InChI=1S/C16H19NO/c1-2-15(17)16(18,13-9-5-3-6-10-13)14-11-7-4-8-12-14/h3-12,15,18H,2,17H2,1H3. The Labute approximate surface area is 108 Å². The maximum absolute atomic E-state index is 11.1. The number of rotatable bonds is 4. The van der Waals surface area contributed by atoms with E-state index < -0.39 is 5.60 Å². The van der Waals surface area contributed by atoms with Crippen molar-refractivity contribution in [2.24, 2.45) is 5.73 Å². The average Bonchev–Trinajstić information content (AvgIpc) is 2.47. The molecule has 18 heavy (non-hydrogen) atoms. The average molecular weight is 241 g/mol. The van der Waals surface area contributed by atoms with Gasteiger partial charge in [0.25, 0.3) is 0 Å². The van der Waals surface area contributed by atoms with Crippen LogP contribution < -0.4 is 5.73 Å². The van der Waals surface area contributed by atoms with Crippen molar-refractivity contribution in [3.63, 3.8) is 0 Å². The Kier molecular flexibility index (Phi) is 3.80. The largest absolute Gasteiger partial charge is 0.379 e. The fraction of sp³-hybridized carbons (Fsp3) is 0.250. The molecule has 2 aromatic rings. The highest BCUT2D eigenvalue weighted by Gasteiger charge is 2.36. The fourth-order valence-corrected chi connectivity index (χ4v) is 2.27. The summed E-state index contributed by atoms with van der Waals surface area (Å²) >= 11 is 0. The quantitative estimate of drug-likeness (QED) is 0.864. The Morgan fingerprint density at radius 1 is 0.944 bits per heavy atom. The fourth-order valence-electron chi connectivity index (χ4n) is 2.27. The predicted octanol–water partition coefficient (Wildman–Crippen LogP) is 2.66. The summed E-state index contributed by atoms with van der Waals surface area (Å²) in [4.78, 5) is 0. The summed E-state index contributed by atoms with van der Waals surface area (Å²) in [6.07, 6.45) is 0.709. The Morgan fingerprint density at radius 2 is 1.33 bits per heavy atom. The maximum atomic E-state index is 11.1. The second-order valence-corrected chi connectivity index (χ2v) is 4.51. The summed E-state index contributed by atoms with van der Waals surface area (Å²) in [5.41, 5.74) is 6.71. The predicted molar refractivity (Wildman–Crippen MR) is 74.1 cm³/mol. The molecule has 0 aromatic heterocycles. The third-order valence-electron chi connectivity index (χ3n) is 3.40. The summed E-state index contributed by atoms with van der Waals surface area (Å²) in [5.74, 6) is 0. The number of nitrogens with two attached hydrogens (primary N) is 1. The first-order valence-electron chi connectivity index (χ1n) is 6.28. The van der Waals surface area contributed by atoms with E-state index in [1.165, 1.54) is 0 Å². The van der Waals surface area contributed by atoms with Crippen molar-refractivity contribution < 1.29 is 5.11 Å². The van der Waals surface area contributed by atoms with Crippen molar-refractivity contribution in [3.05, 3.63) is 71.8 Å². The lowest BCUT2D eigenvalue weighted by atomic mass is 9.79. The smallest absolute Gasteiger partial charge is 0.130 e. The van der Waals surface area contributed by atoms with Crippen LogP contribution in [0.2, 0.25) is 0 Å². The van der Waals surface area contributed by atoms with Crippen LogP contribution in [-0.2, 0) is 5.60 Å². The lowest BCUT2D eigenvalue weighted by molar-refractivity contribution is 0.0503.